The summed E-state index contributed by atoms with van der Waals surface area (Å²) in [4.78, 5) is 51.3. The Morgan fingerprint density at radius 1 is 0.522 bits per heavy atom. The Morgan fingerprint density at radius 2 is 0.891 bits per heavy atom. The van der Waals surface area contributed by atoms with Gasteiger partial charge in [-0.05, 0) is 73.5 Å². The van der Waals surface area contributed by atoms with E-state index < -0.39 is 0 Å². The number of para-hydroxylation sites is 2. The molecule has 0 unspecified atom stereocenters. The molecule has 0 aliphatic heterocycles. The summed E-state index contributed by atoms with van der Waals surface area (Å²) in [6.45, 7) is 0. The molecule has 4 aromatic carbocycles. The molecule has 0 atom stereocenters. The summed E-state index contributed by atoms with van der Waals surface area (Å²) < 4.78 is 3.99. The molecule has 0 bridgehead atoms. The molecule has 0 fully saturated rings. The van der Waals surface area contributed by atoms with Crippen molar-refractivity contribution in [2.24, 2.45) is 14.1 Å². The Hall–Kier alpha value is -4.95. The molecule has 2 N–H and O–H groups in total. The van der Waals surface area contributed by atoms with Crippen molar-refractivity contribution >= 4 is 79.2 Å². The normalized spacial score (nSPS) is 11.2. The van der Waals surface area contributed by atoms with Crippen LogP contribution in [0.4, 0.5) is 11.4 Å². The molecule has 9 heteroatoms. The first-order chi connectivity index (χ1) is 21.8. The van der Waals surface area contributed by atoms with Gasteiger partial charge >= 0.3 is 0 Å². The lowest BCUT2D eigenvalue weighted by Crippen LogP contribution is -2.13. The molecule has 0 radical (unpaired) electrons. The summed E-state index contributed by atoms with van der Waals surface area (Å²) in [5.74, 6) is -0.158. The van der Waals surface area contributed by atoms with Gasteiger partial charge in [0.2, 0.25) is 11.8 Å². The minimum absolute atomic E-state index is 0. The maximum Gasteiger partial charge on any atom is 0.224 e. The van der Waals surface area contributed by atoms with Gasteiger partial charge in [0.05, 0.1) is 22.1 Å². The van der Waals surface area contributed by atoms with Crippen LogP contribution in [0.3, 0.4) is 0 Å². The SMILES string of the molecule is Cl.Cn1c2ccccc2c(=O)c2cc(NC(=O)CCCCCCCC(=O)Nc3ccc4c(c3)c(=O)c3ccccc3n4C)ccc21. The first-order valence-corrected chi connectivity index (χ1v) is 15.4. The highest BCUT2D eigenvalue weighted by Gasteiger charge is 2.12. The number of nitrogens with zero attached hydrogens (tertiary/aromatic N) is 2. The molecular formula is C37H37ClN4O4. The van der Waals surface area contributed by atoms with Crippen LogP contribution >= 0.6 is 12.4 Å². The van der Waals surface area contributed by atoms with Crippen LogP contribution in [-0.4, -0.2) is 20.9 Å². The van der Waals surface area contributed by atoms with Crippen molar-refractivity contribution < 1.29 is 9.59 Å². The van der Waals surface area contributed by atoms with Crippen molar-refractivity contribution in [2.45, 2.75) is 44.9 Å². The zero-order chi connectivity index (χ0) is 31.5. The lowest BCUT2D eigenvalue weighted by molar-refractivity contribution is -0.117. The number of hydrogen-bond acceptors (Lipinski definition) is 4. The van der Waals surface area contributed by atoms with Crippen LogP contribution in [0.5, 0.6) is 0 Å². The maximum absolute atomic E-state index is 13.1. The fourth-order valence-electron chi connectivity index (χ4n) is 6.19. The van der Waals surface area contributed by atoms with Gasteiger partial charge in [0.15, 0.2) is 10.9 Å². The number of rotatable bonds is 10. The van der Waals surface area contributed by atoms with E-state index in [2.05, 4.69) is 10.6 Å². The first kappa shape index (κ1) is 32.4. The monoisotopic (exact) mass is 636 g/mol. The minimum atomic E-state index is -0.0791. The zero-order valence-corrected chi connectivity index (χ0v) is 26.8. The van der Waals surface area contributed by atoms with Crippen molar-refractivity contribution in [1.29, 1.82) is 0 Å². The largest absolute Gasteiger partial charge is 0.343 e. The van der Waals surface area contributed by atoms with E-state index in [0.717, 1.165) is 54.2 Å². The number of carbonyl (C=O) groups is 2. The highest BCUT2D eigenvalue weighted by Crippen LogP contribution is 2.23. The summed E-state index contributed by atoms with van der Waals surface area (Å²) in [6.07, 6.45) is 4.99. The molecule has 8 nitrogen and oxygen atoms in total. The number of aryl methyl sites for hydroxylation is 2. The van der Waals surface area contributed by atoms with Gasteiger partial charge in [0.1, 0.15) is 0 Å². The number of benzene rings is 4. The van der Waals surface area contributed by atoms with Crippen molar-refractivity contribution in [1.82, 2.24) is 9.13 Å². The number of aromatic nitrogens is 2. The summed E-state index contributed by atoms with van der Waals surface area (Å²) in [6, 6.07) is 26.0. The van der Waals surface area contributed by atoms with E-state index in [1.807, 2.05) is 96.0 Å². The number of unbranched alkanes of at least 4 members (excludes halogenated alkanes) is 4. The molecule has 6 aromatic rings. The molecule has 2 aromatic heterocycles. The molecule has 0 aliphatic carbocycles. The number of pyridine rings is 2. The third kappa shape index (κ3) is 6.53. The van der Waals surface area contributed by atoms with Gasteiger partial charge in [-0.3, -0.25) is 19.2 Å². The maximum atomic E-state index is 13.1. The molecule has 2 amide bonds. The lowest BCUT2D eigenvalue weighted by Gasteiger charge is -2.12. The lowest BCUT2D eigenvalue weighted by atomic mass is 10.1. The van der Waals surface area contributed by atoms with Gasteiger partial charge in [0, 0.05) is 59.9 Å². The summed E-state index contributed by atoms with van der Waals surface area (Å²) in [7, 11) is 3.87. The van der Waals surface area contributed by atoms with E-state index in [9.17, 15) is 19.2 Å². The molecule has 0 saturated heterocycles. The second-order valence-corrected chi connectivity index (χ2v) is 11.6. The standard InChI is InChI=1S/C37H36N4O4.ClH/c1-40-30-14-10-8-12-26(30)36(44)28-22-24(18-20-32(28)40)38-34(42)16-6-4-3-5-7-17-35(43)39-25-19-21-33-29(23-25)37(45)27-13-9-11-15-31(27)41(33)2;/h8-15,18-23H,3-7,16-17H2,1-2H3,(H,38,42)(H,39,43);1H. The number of amides is 2. The first-order valence-electron chi connectivity index (χ1n) is 15.4. The van der Waals surface area contributed by atoms with Crippen LogP contribution in [0.1, 0.15) is 44.9 Å². The van der Waals surface area contributed by atoms with Crippen LogP contribution in [0, 0.1) is 0 Å². The zero-order valence-electron chi connectivity index (χ0n) is 26.0. The van der Waals surface area contributed by atoms with E-state index in [-0.39, 0.29) is 35.1 Å². The van der Waals surface area contributed by atoms with E-state index in [0.29, 0.717) is 45.8 Å². The number of nitrogens with one attached hydrogen (secondary N) is 2. The van der Waals surface area contributed by atoms with Gasteiger partial charge < -0.3 is 19.8 Å². The molecule has 2 heterocycles. The van der Waals surface area contributed by atoms with Gasteiger partial charge in [-0.25, -0.2) is 0 Å². The predicted octanol–water partition coefficient (Wildman–Crippen LogP) is 7.43. The molecule has 236 valence electrons. The van der Waals surface area contributed by atoms with Crippen LogP contribution in [0.15, 0.2) is 94.5 Å². The topological polar surface area (TPSA) is 102 Å². The fourth-order valence-corrected chi connectivity index (χ4v) is 6.19. The third-order valence-electron chi connectivity index (χ3n) is 8.60. The number of fused-ring (bicyclic) bond motifs is 4. The van der Waals surface area contributed by atoms with Crippen molar-refractivity contribution in [3.05, 3.63) is 105 Å². The van der Waals surface area contributed by atoms with E-state index >= 15 is 0 Å². The molecule has 46 heavy (non-hydrogen) atoms. The van der Waals surface area contributed by atoms with Gasteiger partial charge in [-0.2, -0.15) is 0 Å². The van der Waals surface area contributed by atoms with Gasteiger partial charge in [0.25, 0.3) is 0 Å². The Morgan fingerprint density at radius 3 is 1.33 bits per heavy atom. The summed E-state index contributed by atoms with van der Waals surface area (Å²) >= 11 is 0. The Labute approximate surface area is 272 Å². The molecule has 6 rings (SSSR count). The number of halogens is 1. The van der Waals surface area contributed by atoms with Crippen LogP contribution in [0.25, 0.3) is 43.6 Å². The number of carbonyl (C=O) groups excluding carboxylic acids is 2. The van der Waals surface area contributed by atoms with E-state index in [1.165, 1.54) is 0 Å². The second kappa shape index (κ2) is 14.0. The van der Waals surface area contributed by atoms with Crippen LogP contribution in [-0.2, 0) is 23.7 Å². The number of hydrogen-bond donors (Lipinski definition) is 2. The van der Waals surface area contributed by atoms with Crippen LogP contribution in [0.2, 0.25) is 0 Å². The molecular weight excluding hydrogens is 600 g/mol. The van der Waals surface area contributed by atoms with Crippen molar-refractivity contribution in [2.75, 3.05) is 10.6 Å². The Bertz CT molecular complexity index is 2060. The Balaban J connectivity index is 0.00000417. The highest BCUT2D eigenvalue weighted by molar-refractivity contribution is 5.99. The average molecular weight is 637 g/mol. The predicted molar refractivity (Wildman–Crippen MR) is 190 cm³/mol. The average Bonchev–Trinajstić information content (AvgIpc) is 3.05. The van der Waals surface area contributed by atoms with E-state index in [1.54, 1.807) is 12.1 Å². The van der Waals surface area contributed by atoms with E-state index in [4.69, 9.17) is 0 Å². The molecule has 0 saturated carbocycles. The van der Waals surface area contributed by atoms with Crippen molar-refractivity contribution in [3.63, 3.8) is 0 Å². The van der Waals surface area contributed by atoms with Crippen molar-refractivity contribution in [3.8, 4) is 0 Å². The quantitative estimate of drug-likeness (QED) is 0.121. The summed E-state index contributed by atoms with van der Waals surface area (Å²) in [5.41, 5.74) is 4.54. The van der Waals surface area contributed by atoms with Gasteiger partial charge in [-0.15, -0.1) is 12.4 Å². The fraction of sp³-hybridized carbons (Fsp3) is 0.243. The summed E-state index contributed by atoms with van der Waals surface area (Å²) in [5, 5.41) is 8.34. The number of anilines is 2. The third-order valence-corrected chi connectivity index (χ3v) is 8.60. The molecule has 0 spiro atoms. The van der Waals surface area contributed by atoms with Crippen LogP contribution < -0.4 is 21.5 Å². The Kier molecular flexibility index (Phi) is 9.87. The second-order valence-electron chi connectivity index (χ2n) is 11.6. The molecule has 0 aliphatic rings. The van der Waals surface area contributed by atoms with Gasteiger partial charge in [-0.1, -0.05) is 43.5 Å². The minimum Gasteiger partial charge on any atom is -0.343 e. The smallest absolute Gasteiger partial charge is 0.224 e. The highest BCUT2D eigenvalue weighted by atomic mass is 35.5.